The van der Waals surface area contributed by atoms with Gasteiger partial charge in [0, 0.05) is 51.4 Å². The first kappa shape index (κ1) is 20.7. The molecule has 8 nitrogen and oxygen atoms in total. The summed E-state index contributed by atoms with van der Waals surface area (Å²) in [7, 11) is 2.12. The summed E-state index contributed by atoms with van der Waals surface area (Å²) in [4.78, 5) is 23.4. The minimum Gasteiger partial charge on any atom is -0.368 e. The molecule has 1 saturated heterocycles. The van der Waals surface area contributed by atoms with Gasteiger partial charge in [0.2, 0.25) is 0 Å². The molecule has 0 atom stereocenters. The molecule has 4 heterocycles. The Balaban J connectivity index is 1.30. The molecule has 3 aromatic rings. The smallest absolute Gasteiger partial charge is 0.261 e. The van der Waals surface area contributed by atoms with Crippen LogP contribution in [0.2, 0.25) is 0 Å². The van der Waals surface area contributed by atoms with Crippen LogP contribution in [0.5, 0.6) is 0 Å². The minimum absolute atomic E-state index is 0.352. The second-order valence-corrected chi connectivity index (χ2v) is 8.43. The largest absolute Gasteiger partial charge is 0.368 e. The molecule has 2 aromatic heterocycles. The van der Waals surface area contributed by atoms with Gasteiger partial charge in [0.1, 0.15) is 0 Å². The Morgan fingerprint density at radius 1 is 1.03 bits per heavy atom. The lowest BCUT2D eigenvalue weighted by molar-refractivity contribution is 0.125. The van der Waals surface area contributed by atoms with E-state index >= 15 is 0 Å². The number of hydrogen-bond donors (Lipinski definition) is 0. The van der Waals surface area contributed by atoms with Gasteiger partial charge in [-0.2, -0.15) is 5.10 Å². The predicted molar refractivity (Wildman–Crippen MR) is 119 cm³/mol. The van der Waals surface area contributed by atoms with E-state index in [1.165, 1.54) is 11.9 Å². The van der Waals surface area contributed by atoms with Gasteiger partial charge in [0.15, 0.2) is 5.82 Å². The second-order valence-electron chi connectivity index (χ2n) is 8.43. The van der Waals surface area contributed by atoms with Crippen molar-refractivity contribution in [1.29, 1.82) is 0 Å². The van der Waals surface area contributed by atoms with E-state index in [9.17, 15) is 13.6 Å². The van der Waals surface area contributed by atoms with Crippen molar-refractivity contribution < 1.29 is 8.78 Å². The van der Waals surface area contributed by atoms with Gasteiger partial charge in [-0.05, 0) is 36.9 Å². The molecule has 0 spiro atoms. The maximum atomic E-state index is 12.7. The summed E-state index contributed by atoms with van der Waals surface area (Å²) in [6.45, 7) is 4.49. The van der Waals surface area contributed by atoms with E-state index in [1.54, 1.807) is 6.07 Å². The quantitative estimate of drug-likeness (QED) is 0.611. The average Bonchev–Trinajstić information content (AvgIpc) is 2.80. The van der Waals surface area contributed by atoms with E-state index in [2.05, 4.69) is 43.0 Å². The molecule has 10 heteroatoms. The number of nitrogens with zero attached hydrogens (tertiary/aromatic N) is 7. The minimum atomic E-state index is -2.59. The Hall–Kier alpha value is -3.14. The van der Waals surface area contributed by atoms with Crippen LogP contribution < -0.4 is 15.4 Å². The molecule has 2 aliphatic rings. The molecule has 0 amide bonds. The van der Waals surface area contributed by atoms with E-state index in [0.717, 1.165) is 67.5 Å². The molecule has 0 aliphatic carbocycles. The van der Waals surface area contributed by atoms with E-state index in [-0.39, 0.29) is 0 Å². The van der Waals surface area contributed by atoms with Gasteiger partial charge in [-0.15, -0.1) is 5.10 Å². The normalized spacial score (nSPS) is 17.2. The highest BCUT2D eigenvalue weighted by Gasteiger charge is 2.22. The summed E-state index contributed by atoms with van der Waals surface area (Å²) < 4.78 is 26.3. The molecule has 0 bridgehead atoms. The van der Waals surface area contributed by atoms with Crippen molar-refractivity contribution in [1.82, 2.24) is 24.6 Å². The van der Waals surface area contributed by atoms with Crippen molar-refractivity contribution in [2.24, 2.45) is 0 Å². The first-order valence-corrected chi connectivity index (χ1v) is 10.8. The van der Waals surface area contributed by atoms with E-state index in [4.69, 9.17) is 0 Å². The van der Waals surface area contributed by atoms with Crippen LogP contribution in [0.4, 0.5) is 20.3 Å². The molecule has 0 radical (unpaired) electrons. The van der Waals surface area contributed by atoms with Crippen LogP contribution in [-0.2, 0) is 19.5 Å². The molecule has 168 valence electrons. The van der Waals surface area contributed by atoms with Crippen molar-refractivity contribution in [3.63, 3.8) is 0 Å². The lowest BCUT2D eigenvalue weighted by Gasteiger charge is -2.37. The van der Waals surface area contributed by atoms with Crippen molar-refractivity contribution in [3.8, 4) is 0 Å². The third kappa shape index (κ3) is 4.02. The monoisotopic (exact) mass is 441 g/mol. The van der Waals surface area contributed by atoms with Crippen molar-refractivity contribution >= 4 is 22.4 Å². The molecule has 32 heavy (non-hydrogen) atoms. The summed E-state index contributed by atoms with van der Waals surface area (Å²) in [5.74, 6) is 0.915. The van der Waals surface area contributed by atoms with Gasteiger partial charge in [0.25, 0.3) is 12.0 Å². The van der Waals surface area contributed by atoms with Crippen LogP contribution >= 0.6 is 0 Å². The maximum absolute atomic E-state index is 12.7. The molecule has 1 fully saturated rings. The van der Waals surface area contributed by atoms with Gasteiger partial charge < -0.3 is 14.7 Å². The zero-order valence-corrected chi connectivity index (χ0v) is 17.9. The maximum Gasteiger partial charge on any atom is 0.261 e. The number of hydrogen-bond acceptors (Lipinski definition) is 7. The fraction of sp³-hybridized carbons (Fsp3) is 0.455. The number of alkyl halides is 2. The number of fused-ring (bicyclic) bond motifs is 2. The van der Waals surface area contributed by atoms with E-state index < -0.39 is 18.5 Å². The first-order chi connectivity index (χ1) is 15.5. The molecular weight excluding hydrogens is 416 g/mol. The van der Waals surface area contributed by atoms with Crippen LogP contribution in [0.1, 0.15) is 11.3 Å². The highest BCUT2D eigenvalue weighted by Crippen LogP contribution is 2.24. The zero-order valence-electron chi connectivity index (χ0n) is 17.9. The molecule has 1 aromatic carbocycles. The van der Waals surface area contributed by atoms with Crippen LogP contribution in [0.15, 0.2) is 35.4 Å². The van der Waals surface area contributed by atoms with Crippen LogP contribution in [-0.4, -0.2) is 70.8 Å². The number of benzene rings is 1. The third-order valence-corrected chi connectivity index (χ3v) is 6.23. The van der Waals surface area contributed by atoms with Gasteiger partial charge in [-0.1, -0.05) is 0 Å². The highest BCUT2D eigenvalue weighted by molar-refractivity contribution is 5.81. The summed E-state index contributed by atoms with van der Waals surface area (Å²) in [5, 5.41) is 9.26. The number of anilines is 2. The van der Waals surface area contributed by atoms with Crippen molar-refractivity contribution in [2.45, 2.75) is 25.9 Å². The standard InChI is InChI=1S/C22H25F2N7O/c1-28-5-4-18-15(12-28)10-21(27-26-18)30-8-6-29(7-9-30)16-2-3-17-19(11-16)25-14-31(22(17)32)13-20(23)24/h2-3,10-11,14,20H,4-9,12-13H2,1H3. The fourth-order valence-electron chi connectivity index (χ4n) is 4.43. The molecule has 5 rings (SSSR count). The summed E-state index contributed by atoms with van der Waals surface area (Å²) >= 11 is 0. The Labute approximate surface area is 184 Å². The predicted octanol–water partition coefficient (Wildman–Crippen LogP) is 1.77. The molecule has 0 saturated carbocycles. The Bertz CT molecular complexity index is 1190. The molecule has 0 unspecified atom stereocenters. The highest BCUT2D eigenvalue weighted by atomic mass is 19.3. The lowest BCUT2D eigenvalue weighted by atomic mass is 10.1. The summed E-state index contributed by atoms with van der Waals surface area (Å²) in [5.41, 5.74) is 3.40. The molecule has 2 aliphatic heterocycles. The molecular formula is C22H25F2N7O. The third-order valence-electron chi connectivity index (χ3n) is 6.23. The van der Waals surface area contributed by atoms with Crippen LogP contribution in [0, 0.1) is 0 Å². The van der Waals surface area contributed by atoms with Gasteiger partial charge in [-0.25, -0.2) is 13.8 Å². The zero-order chi connectivity index (χ0) is 22.2. The fourth-order valence-corrected chi connectivity index (χ4v) is 4.43. The number of likely N-dealkylation sites (N-methyl/N-ethyl adjacent to an activating group) is 1. The van der Waals surface area contributed by atoms with Crippen molar-refractivity contribution in [3.05, 3.63) is 52.2 Å². The van der Waals surface area contributed by atoms with Crippen LogP contribution in [0.3, 0.4) is 0 Å². The molecule has 0 N–H and O–H groups in total. The number of halogens is 2. The lowest BCUT2D eigenvalue weighted by Crippen LogP contribution is -2.47. The Morgan fingerprint density at radius 3 is 2.59 bits per heavy atom. The average molecular weight is 441 g/mol. The first-order valence-electron chi connectivity index (χ1n) is 10.8. The topological polar surface area (TPSA) is 70.4 Å². The summed E-state index contributed by atoms with van der Waals surface area (Å²) in [6.07, 6.45) is -0.455. The number of aromatic nitrogens is 4. The Kier molecular flexibility index (Phi) is 5.46. The second kappa shape index (κ2) is 8.42. The number of piperazine rings is 1. The van der Waals surface area contributed by atoms with Crippen molar-refractivity contribution in [2.75, 3.05) is 49.6 Å². The summed E-state index contributed by atoms with van der Waals surface area (Å²) in [6, 6.07) is 7.56. The van der Waals surface area contributed by atoms with E-state index in [1.807, 2.05) is 12.1 Å². The van der Waals surface area contributed by atoms with E-state index in [0.29, 0.717) is 10.9 Å². The van der Waals surface area contributed by atoms with Gasteiger partial charge in [0.05, 0.1) is 29.5 Å². The van der Waals surface area contributed by atoms with Gasteiger partial charge >= 0.3 is 0 Å². The SMILES string of the molecule is CN1CCc2nnc(N3CCN(c4ccc5c(=O)n(CC(F)F)cnc5c4)CC3)cc2C1. The number of rotatable bonds is 4. The Morgan fingerprint density at radius 2 is 1.81 bits per heavy atom. The van der Waals surface area contributed by atoms with Crippen LogP contribution in [0.25, 0.3) is 10.9 Å². The van der Waals surface area contributed by atoms with Gasteiger partial charge in [-0.3, -0.25) is 9.36 Å².